The lowest BCUT2D eigenvalue weighted by Gasteiger charge is -2.06. The van der Waals surface area contributed by atoms with Crippen molar-refractivity contribution < 1.29 is 8.94 Å². The Balaban J connectivity index is 1.95. The summed E-state index contributed by atoms with van der Waals surface area (Å²) in [6, 6.07) is 14.1. The Bertz CT molecular complexity index is 546. The van der Waals surface area contributed by atoms with Crippen LogP contribution in [0.15, 0.2) is 53.9 Å². The van der Waals surface area contributed by atoms with Crippen LogP contribution in [-0.4, -0.2) is 4.55 Å². The smallest absolute Gasteiger partial charge is 0.135 e. The summed E-state index contributed by atoms with van der Waals surface area (Å²) in [4.78, 5) is 0. The molecule has 0 amide bonds. The van der Waals surface area contributed by atoms with Crippen LogP contribution < -0.4 is 0 Å². The second kappa shape index (κ2) is 6.55. The van der Waals surface area contributed by atoms with Crippen LogP contribution in [0, 0.1) is 12.7 Å². The van der Waals surface area contributed by atoms with Crippen molar-refractivity contribution in [3.05, 3.63) is 76.4 Å². The normalized spacial score (nSPS) is 12.8. The molecule has 3 heteroatoms. The van der Waals surface area contributed by atoms with Crippen LogP contribution in [0.25, 0.3) is 6.08 Å². The van der Waals surface area contributed by atoms with E-state index in [1.165, 1.54) is 17.7 Å². The summed E-state index contributed by atoms with van der Waals surface area (Å²) in [7, 11) is 0. The number of aryl methyl sites for hydroxylation is 1. The van der Waals surface area contributed by atoms with E-state index in [9.17, 15) is 8.94 Å². The third-order valence-corrected chi connectivity index (χ3v) is 3.77. The molecule has 1 nitrogen and oxygen atoms in total. The van der Waals surface area contributed by atoms with Gasteiger partial charge < -0.3 is 4.55 Å². The van der Waals surface area contributed by atoms with Crippen molar-refractivity contribution in [1.82, 2.24) is 0 Å². The Kier molecular flexibility index (Phi) is 4.77. The molecule has 0 aromatic heterocycles. The van der Waals surface area contributed by atoms with Crippen LogP contribution in [0.4, 0.5) is 4.39 Å². The molecule has 98 valence electrons. The van der Waals surface area contributed by atoms with Crippen LogP contribution in [0.2, 0.25) is 0 Å². The third kappa shape index (κ3) is 4.54. The number of benzene rings is 2. The largest absolute Gasteiger partial charge is 0.612 e. The molecule has 19 heavy (non-hydrogen) atoms. The molecule has 0 aliphatic rings. The Hall–Kier alpha value is -1.58. The Morgan fingerprint density at radius 2 is 1.68 bits per heavy atom. The van der Waals surface area contributed by atoms with E-state index >= 15 is 0 Å². The minimum absolute atomic E-state index is 0.266. The van der Waals surface area contributed by atoms with Gasteiger partial charge >= 0.3 is 0 Å². The van der Waals surface area contributed by atoms with Gasteiger partial charge in [0.1, 0.15) is 17.0 Å². The maximum atomic E-state index is 12.7. The first-order chi connectivity index (χ1) is 9.13. The number of halogens is 1. The zero-order chi connectivity index (χ0) is 13.7. The molecule has 1 unspecified atom stereocenters. The Morgan fingerprint density at radius 3 is 2.32 bits per heavy atom. The molecule has 0 bridgehead atoms. The predicted octanol–water partition coefficient (Wildman–Crippen LogP) is 4.05. The molecule has 0 aliphatic carbocycles. The first-order valence-electron chi connectivity index (χ1n) is 6.00. The van der Waals surface area contributed by atoms with Gasteiger partial charge in [-0.1, -0.05) is 42.0 Å². The molecule has 0 spiro atoms. The van der Waals surface area contributed by atoms with Gasteiger partial charge in [-0.05, 0) is 41.9 Å². The molecule has 0 fully saturated rings. The van der Waals surface area contributed by atoms with Gasteiger partial charge in [-0.15, -0.1) is 0 Å². The minimum atomic E-state index is -1.06. The average molecular weight is 274 g/mol. The minimum Gasteiger partial charge on any atom is -0.612 e. The SMILES string of the molecule is Cc1ccc(C[S+]([O-])C=Cc2ccc(F)cc2)cc1. The second-order valence-electron chi connectivity index (χ2n) is 4.36. The summed E-state index contributed by atoms with van der Waals surface area (Å²) < 4.78 is 24.6. The summed E-state index contributed by atoms with van der Waals surface area (Å²) >= 11 is -1.06. The highest BCUT2D eigenvalue weighted by Gasteiger charge is 2.03. The fraction of sp³-hybridized carbons (Fsp3) is 0.125. The van der Waals surface area contributed by atoms with E-state index in [-0.39, 0.29) is 5.82 Å². The van der Waals surface area contributed by atoms with E-state index in [2.05, 4.69) is 0 Å². The Morgan fingerprint density at radius 1 is 1.05 bits per heavy atom. The molecule has 1 atom stereocenters. The molecule has 0 saturated carbocycles. The van der Waals surface area contributed by atoms with Crippen molar-refractivity contribution in [2.45, 2.75) is 12.7 Å². The fourth-order valence-electron chi connectivity index (χ4n) is 1.63. The van der Waals surface area contributed by atoms with E-state index in [1.54, 1.807) is 23.6 Å². The van der Waals surface area contributed by atoms with Gasteiger partial charge in [-0.25, -0.2) is 4.39 Å². The highest BCUT2D eigenvalue weighted by atomic mass is 32.2. The van der Waals surface area contributed by atoms with Crippen LogP contribution in [0.3, 0.4) is 0 Å². The lowest BCUT2D eigenvalue weighted by molar-refractivity contribution is 0.603. The van der Waals surface area contributed by atoms with Crippen molar-refractivity contribution in [2.24, 2.45) is 0 Å². The topological polar surface area (TPSA) is 23.1 Å². The van der Waals surface area contributed by atoms with Gasteiger partial charge in [0.15, 0.2) is 0 Å². The van der Waals surface area contributed by atoms with Crippen molar-refractivity contribution in [3.63, 3.8) is 0 Å². The number of hydrogen-bond donors (Lipinski definition) is 0. The summed E-state index contributed by atoms with van der Waals surface area (Å²) in [5, 5.41) is 1.65. The molecule has 0 N–H and O–H groups in total. The maximum absolute atomic E-state index is 12.7. The van der Waals surface area contributed by atoms with E-state index in [0.717, 1.165) is 11.1 Å². The van der Waals surface area contributed by atoms with Crippen LogP contribution in [0.5, 0.6) is 0 Å². The molecule has 2 aromatic rings. The fourth-order valence-corrected chi connectivity index (χ4v) is 2.55. The summed E-state index contributed by atoms with van der Waals surface area (Å²) in [6.07, 6.45) is 1.75. The summed E-state index contributed by atoms with van der Waals surface area (Å²) in [6.45, 7) is 2.02. The van der Waals surface area contributed by atoms with Gasteiger partial charge in [-0.2, -0.15) is 0 Å². The number of hydrogen-bond acceptors (Lipinski definition) is 1. The lowest BCUT2D eigenvalue weighted by Crippen LogP contribution is -1.99. The molecule has 2 rings (SSSR count). The molecule has 0 radical (unpaired) electrons. The number of rotatable bonds is 4. The van der Waals surface area contributed by atoms with Crippen molar-refractivity contribution in [2.75, 3.05) is 0 Å². The van der Waals surface area contributed by atoms with Gasteiger partial charge in [0, 0.05) is 5.56 Å². The van der Waals surface area contributed by atoms with E-state index in [4.69, 9.17) is 0 Å². The molecule has 0 heterocycles. The summed E-state index contributed by atoms with van der Waals surface area (Å²) in [5.74, 6) is 0.232. The first-order valence-corrected chi connectivity index (χ1v) is 7.38. The van der Waals surface area contributed by atoms with Crippen molar-refractivity contribution >= 4 is 17.3 Å². The van der Waals surface area contributed by atoms with Gasteiger partial charge in [0.25, 0.3) is 0 Å². The van der Waals surface area contributed by atoms with E-state index in [0.29, 0.717) is 5.75 Å². The van der Waals surface area contributed by atoms with Gasteiger partial charge in [0.05, 0.1) is 0 Å². The molecule has 0 aliphatic heterocycles. The quantitative estimate of drug-likeness (QED) is 0.771. The van der Waals surface area contributed by atoms with Gasteiger partial charge in [-0.3, -0.25) is 0 Å². The maximum Gasteiger partial charge on any atom is 0.135 e. The highest BCUT2D eigenvalue weighted by Crippen LogP contribution is 2.11. The standard InChI is InChI=1S/C16H15FOS/c1-13-2-4-15(5-3-13)12-19(18)11-10-14-6-8-16(17)9-7-14/h2-11H,12H2,1H3. The van der Waals surface area contributed by atoms with Crippen LogP contribution in [-0.2, 0) is 16.9 Å². The predicted molar refractivity (Wildman–Crippen MR) is 78.5 cm³/mol. The zero-order valence-corrected chi connectivity index (χ0v) is 11.5. The molecular formula is C16H15FOS. The third-order valence-electron chi connectivity index (χ3n) is 2.71. The Labute approximate surface area is 116 Å². The summed E-state index contributed by atoms with van der Waals surface area (Å²) in [5.41, 5.74) is 3.09. The van der Waals surface area contributed by atoms with E-state index < -0.39 is 11.2 Å². The van der Waals surface area contributed by atoms with E-state index in [1.807, 2.05) is 31.2 Å². The monoisotopic (exact) mass is 274 g/mol. The highest BCUT2D eigenvalue weighted by molar-refractivity contribution is 7.93. The molecule has 2 aromatic carbocycles. The average Bonchev–Trinajstić information content (AvgIpc) is 2.41. The lowest BCUT2D eigenvalue weighted by atomic mass is 10.2. The van der Waals surface area contributed by atoms with Crippen LogP contribution >= 0.6 is 0 Å². The van der Waals surface area contributed by atoms with Gasteiger partial charge in [0.2, 0.25) is 0 Å². The van der Waals surface area contributed by atoms with Crippen molar-refractivity contribution in [1.29, 1.82) is 0 Å². The molecular weight excluding hydrogens is 259 g/mol. The van der Waals surface area contributed by atoms with Crippen LogP contribution in [0.1, 0.15) is 16.7 Å². The first kappa shape index (κ1) is 13.8. The molecule has 0 saturated heterocycles. The second-order valence-corrected chi connectivity index (χ2v) is 5.69. The van der Waals surface area contributed by atoms with Crippen molar-refractivity contribution in [3.8, 4) is 0 Å². The zero-order valence-electron chi connectivity index (χ0n) is 10.7.